The fourth-order valence-electron chi connectivity index (χ4n) is 2.31. The number of ether oxygens (including phenoxy) is 3. The van der Waals surface area contributed by atoms with Crippen molar-refractivity contribution in [2.75, 3.05) is 13.9 Å². The van der Waals surface area contributed by atoms with Crippen LogP contribution in [-0.2, 0) is 0 Å². The maximum absolute atomic E-state index is 5.46. The van der Waals surface area contributed by atoms with Gasteiger partial charge in [-0.3, -0.25) is 0 Å². The largest absolute Gasteiger partial charge is 0.496 e. The molecule has 0 saturated heterocycles. The topological polar surface area (TPSA) is 53.5 Å². The van der Waals surface area contributed by atoms with Crippen LogP contribution in [-0.4, -0.2) is 23.9 Å². The molecule has 0 spiro atoms. The SMILES string of the molecule is COc1cc2c(cc1-c1nc(C)nc(C)c1C)OCO2. The molecule has 5 heteroatoms. The van der Waals surface area contributed by atoms with Crippen molar-refractivity contribution in [1.82, 2.24) is 9.97 Å². The number of hydrogen-bond acceptors (Lipinski definition) is 5. The van der Waals surface area contributed by atoms with Crippen molar-refractivity contribution in [3.63, 3.8) is 0 Å². The van der Waals surface area contributed by atoms with Crippen molar-refractivity contribution in [2.45, 2.75) is 20.8 Å². The van der Waals surface area contributed by atoms with Gasteiger partial charge in [0.15, 0.2) is 11.5 Å². The van der Waals surface area contributed by atoms with Gasteiger partial charge in [0.2, 0.25) is 6.79 Å². The second-order valence-corrected chi connectivity index (χ2v) is 4.74. The van der Waals surface area contributed by atoms with E-state index in [2.05, 4.69) is 9.97 Å². The van der Waals surface area contributed by atoms with Crippen LogP contribution < -0.4 is 14.2 Å². The standard InChI is InChI=1S/C15H16N2O3/c1-8-9(2)16-10(3)17-15(8)11-5-13-14(20-7-19-13)6-12(11)18-4/h5-6H,7H2,1-4H3. The fourth-order valence-corrected chi connectivity index (χ4v) is 2.31. The third-order valence-electron chi connectivity index (χ3n) is 3.45. The van der Waals surface area contributed by atoms with Gasteiger partial charge < -0.3 is 14.2 Å². The van der Waals surface area contributed by atoms with Crippen molar-refractivity contribution in [2.24, 2.45) is 0 Å². The first kappa shape index (κ1) is 12.7. The van der Waals surface area contributed by atoms with Gasteiger partial charge in [0.1, 0.15) is 11.6 Å². The minimum absolute atomic E-state index is 0.239. The molecule has 1 aromatic heterocycles. The third kappa shape index (κ3) is 1.95. The number of benzene rings is 1. The predicted molar refractivity (Wildman–Crippen MR) is 74.4 cm³/mol. The molecule has 3 rings (SSSR count). The van der Waals surface area contributed by atoms with Gasteiger partial charge >= 0.3 is 0 Å². The highest BCUT2D eigenvalue weighted by atomic mass is 16.7. The molecule has 104 valence electrons. The van der Waals surface area contributed by atoms with Crippen LogP contribution in [0.15, 0.2) is 12.1 Å². The van der Waals surface area contributed by atoms with Crippen LogP contribution >= 0.6 is 0 Å². The Morgan fingerprint density at radius 2 is 1.75 bits per heavy atom. The van der Waals surface area contributed by atoms with E-state index in [1.807, 2.05) is 32.9 Å². The van der Waals surface area contributed by atoms with Gasteiger partial charge in [-0.1, -0.05) is 0 Å². The normalized spacial score (nSPS) is 12.6. The number of hydrogen-bond donors (Lipinski definition) is 0. The van der Waals surface area contributed by atoms with Gasteiger partial charge in [-0.2, -0.15) is 0 Å². The molecule has 2 heterocycles. The quantitative estimate of drug-likeness (QED) is 0.841. The molecule has 1 aliphatic rings. The Morgan fingerprint density at radius 1 is 1.05 bits per heavy atom. The number of rotatable bonds is 2. The zero-order valence-electron chi connectivity index (χ0n) is 12.0. The van der Waals surface area contributed by atoms with Crippen LogP contribution in [0.3, 0.4) is 0 Å². The predicted octanol–water partition coefficient (Wildman–Crippen LogP) is 2.81. The lowest BCUT2D eigenvalue weighted by atomic mass is 10.0. The minimum Gasteiger partial charge on any atom is -0.496 e. The summed E-state index contributed by atoms with van der Waals surface area (Å²) in [5.74, 6) is 2.87. The second-order valence-electron chi connectivity index (χ2n) is 4.74. The van der Waals surface area contributed by atoms with E-state index in [9.17, 15) is 0 Å². The minimum atomic E-state index is 0.239. The van der Waals surface area contributed by atoms with Crippen LogP contribution in [0.2, 0.25) is 0 Å². The summed E-state index contributed by atoms with van der Waals surface area (Å²) in [5.41, 5.74) is 3.76. The van der Waals surface area contributed by atoms with Gasteiger partial charge in [0.05, 0.1) is 12.8 Å². The number of methoxy groups -OCH3 is 1. The van der Waals surface area contributed by atoms with Crippen LogP contribution in [0.25, 0.3) is 11.3 Å². The fraction of sp³-hybridized carbons (Fsp3) is 0.333. The summed E-state index contributed by atoms with van der Waals surface area (Å²) in [6.45, 7) is 6.11. The smallest absolute Gasteiger partial charge is 0.231 e. The molecule has 1 aliphatic heterocycles. The number of nitrogens with zero attached hydrogens (tertiary/aromatic N) is 2. The van der Waals surface area contributed by atoms with Crippen LogP contribution in [0, 0.1) is 20.8 Å². The van der Waals surface area contributed by atoms with Crippen molar-refractivity contribution in [1.29, 1.82) is 0 Å². The van der Waals surface area contributed by atoms with Crippen molar-refractivity contribution in [3.8, 4) is 28.5 Å². The molecule has 5 nitrogen and oxygen atoms in total. The highest BCUT2D eigenvalue weighted by molar-refractivity contribution is 5.74. The molecule has 20 heavy (non-hydrogen) atoms. The first-order chi connectivity index (χ1) is 9.60. The number of aromatic nitrogens is 2. The summed E-state index contributed by atoms with van der Waals surface area (Å²) < 4.78 is 16.3. The summed E-state index contributed by atoms with van der Waals surface area (Å²) in [7, 11) is 1.64. The molecule has 0 radical (unpaired) electrons. The van der Waals surface area contributed by atoms with Gasteiger partial charge in [-0.25, -0.2) is 9.97 Å². The Balaban J connectivity index is 2.24. The molecule has 0 atom stereocenters. The Hall–Kier alpha value is -2.30. The van der Waals surface area contributed by atoms with Gasteiger partial charge in [0.25, 0.3) is 0 Å². The molecule has 0 bridgehead atoms. The maximum atomic E-state index is 5.46. The third-order valence-corrected chi connectivity index (χ3v) is 3.45. The monoisotopic (exact) mass is 272 g/mol. The second kappa shape index (κ2) is 4.67. The van der Waals surface area contributed by atoms with E-state index in [4.69, 9.17) is 14.2 Å². The number of fused-ring (bicyclic) bond motifs is 1. The Labute approximate surface area is 117 Å². The van der Waals surface area contributed by atoms with Crippen LogP contribution in [0.4, 0.5) is 0 Å². The van der Waals surface area contributed by atoms with Gasteiger partial charge in [-0.15, -0.1) is 0 Å². The lowest BCUT2D eigenvalue weighted by Gasteiger charge is -2.13. The van der Waals surface area contributed by atoms with Crippen LogP contribution in [0.5, 0.6) is 17.2 Å². The average molecular weight is 272 g/mol. The van der Waals surface area contributed by atoms with E-state index in [1.54, 1.807) is 7.11 Å². The zero-order valence-corrected chi connectivity index (χ0v) is 12.0. The van der Waals surface area contributed by atoms with Crippen molar-refractivity contribution < 1.29 is 14.2 Å². The molecule has 0 aliphatic carbocycles. The molecular formula is C15H16N2O3. The lowest BCUT2D eigenvalue weighted by molar-refractivity contribution is 0.174. The summed E-state index contributed by atoms with van der Waals surface area (Å²) in [4.78, 5) is 8.93. The van der Waals surface area contributed by atoms with E-state index in [-0.39, 0.29) is 6.79 Å². The van der Waals surface area contributed by atoms with E-state index < -0.39 is 0 Å². The molecule has 1 aromatic carbocycles. The van der Waals surface area contributed by atoms with E-state index in [0.29, 0.717) is 11.5 Å². The highest BCUT2D eigenvalue weighted by Crippen LogP contribution is 2.42. The summed E-state index contributed by atoms with van der Waals surface area (Å²) in [6, 6.07) is 3.75. The molecule has 0 fully saturated rings. The van der Waals surface area contributed by atoms with Crippen molar-refractivity contribution >= 4 is 0 Å². The average Bonchev–Trinajstić information content (AvgIpc) is 2.88. The van der Waals surface area contributed by atoms with Crippen LogP contribution in [0.1, 0.15) is 17.1 Å². The molecule has 0 amide bonds. The van der Waals surface area contributed by atoms with Gasteiger partial charge in [0, 0.05) is 17.3 Å². The zero-order chi connectivity index (χ0) is 14.3. The first-order valence-corrected chi connectivity index (χ1v) is 6.40. The molecule has 0 saturated carbocycles. The Bertz CT molecular complexity index is 683. The van der Waals surface area contributed by atoms with Crippen molar-refractivity contribution in [3.05, 3.63) is 29.2 Å². The summed E-state index contributed by atoms with van der Waals surface area (Å²) >= 11 is 0. The number of aryl methyl sites for hydroxylation is 2. The molecule has 2 aromatic rings. The maximum Gasteiger partial charge on any atom is 0.231 e. The molecule has 0 N–H and O–H groups in total. The summed E-state index contributed by atoms with van der Waals surface area (Å²) in [5, 5.41) is 0. The van der Waals surface area contributed by atoms with E-state index >= 15 is 0 Å². The molecular weight excluding hydrogens is 256 g/mol. The summed E-state index contributed by atoms with van der Waals surface area (Å²) in [6.07, 6.45) is 0. The Kier molecular flexibility index (Phi) is 2.97. The first-order valence-electron chi connectivity index (χ1n) is 6.40. The lowest BCUT2D eigenvalue weighted by Crippen LogP contribution is -2.00. The highest BCUT2D eigenvalue weighted by Gasteiger charge is 2.21. The molecule has 0 unspecified atom stereocenters. The Morgan fingerprint density at radius 3 is 2.45 bits per heavy atom. The van der Waals surface area contributed by atoms with E-state index in [0.717, 1.165) is 34.1 Å². The van der Waals surface area contributed by atoms with Gasteiger partial charge in [-0.05, 0) is 32.4 Å². The van der Waals surface area contributed by atoms with E-state index in [1.165, 1.54) is 0 Å².